The molecule has 0 aliphatic heterocycles. The molecule has 0 saturated heterocycles. The molecule has 0 saturated carbocycles. The van der Waals surface area contributed by atoms with Crippen LogP contribution in [0.4, 0.5) is 5.82 Å². The van der Waals surface area contributed by atoms with E-state index < -0.39 is 0 Å². The van der Waals surface area contributed by atoms with E-state index in [0.717, 1.165) is 10.9 Å². The topological polar surface area (TPSA) is 38.9 Å². The summed E-state index contributed by atoms with van der Waals surface area (Å²) in [5.74, 6) is 0.573. The molecule has 0 radical (unpaired) electrons. The Labute approximate surface area is 80.7 Å². The molecule has 3 heteroatoms. The van der Waals surface area contributed by atoms with E-state index >= 15 is 0 Å². The van der Waals surface area contributed by atoms with Gasteiger partial charge in [0.15, 0.2) is 0 Å². The molecular formula is C9H8N2Ni. The molecule has 0 unspecified atom stereocenters. The van der Waals surface area contributed by atoms with E-state index in [1.807, 2.05) is 36.4 Å². The fourth-order valence-electron chi connectivity index (χ4n) is 1.08. The number of benzene rings is 1. The molecule has 0 spiro atoms. The van der Waals surface area contributed by atoms with Crippen LogP contribution in [0.1, 0.15) is 0 Å². The number of rotatable bonds is 0. The predicted octanol–water partition coefficient (Wildman–Crippen LogP) is 1.81. The molecule has 2 nitrogen and oxygen atoms in total. The van der Waals surface area contributed by atoms with Crippen LogP contribution in [0.3, 0.4) is 0 Å². The zero-order chi connectivity index (χ0) is 7.68. The molecule has 0 bridgehead atoms. The molecule has 1 heterocycles. The van der Waals surface area contributed by atoms with Crippen molar-refractivity contribution in [2.75, 3.05) is 5.73 Å². The van der Waals surface area contributed by atoms with Gasteiger partial charge in [0, 0.05) is 21.9 Å². The normalized spacial score (nSPS) is 9.33. The zero-order valence-corrected chi connectivity index (χ0v) is 7.29. The Balaban J connectivity index is 0.000000720. The third kappa shape index (κ3) is 1.56. The summed E-state index contributed by atoms with van der Waals surface area (Å²) < 4.78 is 0. The first kappa shape index (κ1) is 9.02. The van der Waals surface area contributed by atoms with Gasteiger partial charge in [-0.2, -0.15) is 0 Å². The van der Waals surface area contributed by atoms with Gasteiger partial charge in [-0.3, -0.25) is 0 Å². The van der Waals surface area contributed by atoms with Crippen molar-refractivity contribution in [3.63, 3.8) is 0 Å². The summed E-state index contributed by atoms with van der Waals surface area (Å²) in [4.78, 5) is 4.15. The molecule has 1 aromatic heterocycles. The van der Waals surface area contributed by atoms with Crippen LogP contribution in [-0.4, -0.2) is 4.98 Å². The monoisotopic (exact) mass is 202 g/mol. The van der Waals surface area contributed by atoms with E-state index in [9.17, 15) is 0 Å². The van der Waals surface area contributed by atoms with Crippen molar-refractivity contribution in [1.82, 2.24) is 4.98 Å². The summed E-state index contributed by atoms with van der Waals surface area (Å²) in [5.41, 5.74) is 6.46. The van der Waals surface area contributed by atoms with Gasteiger partial charge >= 0.3 is 0 Å². The first-order valence-electron chi connectivity index (χ1n) is 3.47. The fraction of sp³-hybridized carbons (Fsp3) is 0. The van der Waals surface area contributed by atoms with Crippen LogP contribution in [0.5, 0.6) is 0 Å². The number of aromatic nitrogens is 1. The standard InChI is InChI=1S/C9H8N2.Ni/c10-9-6-5-7-3-1-2-4-8(7)11-9;/h1-6H,(H2,10,11);. The molecule has 0 aliphatic carbocycles. The molecule has 2 rings (SSSR count). The number of anilines is 1. The van der Waals surface area contributed by atoms with Crippen molar-refractivity contribution in [3.05, 3.63) is 36.4 Å². The van der Waals surface area contributed by atoms with Crippen molar-refractivity contribution in [2.24, 2.45) is 0 Å². The summed E-state index contributed by atoms with van der Waals surface area (Å²) >= 11 is 0. The van der Waals surface area contributed by atoms with Gasteiger partial charge in [0.1, 0.15) is 5.82 Å². The number of nitrogen functional groups attached to an aromatic ring is 1. The van der Waals surface area contributed by atoms with Crippen LogP contribution in [0.25, 0.3) is 10.9 Å². The van der Waals surface area contributed by atoms with Crippen LogP contribution in [0.2, 0.25) is 0 Å². The largest absolute Gasteiger partial charge is 0.384 e. The van der Waals surface area contributed by atoms with Gasteiger partial charge in [0.25, 0.3) is 0 Å². The van der Waals surface area contributed by atoms with Crippen molar-refractivity contribution < 1.29 is 16.5 Å². The van der Waals surface area contributed by atoms with Crippen LogP contribution in [0, 0.1) is 0 Å². The first-order valence-corrected chi connectivity index (χ1v) is 3.47. The first-order chi connectivity index (χ1) is 5.36. The van der Waals surface area contributed by atoms with Gasteiger partial charge < -0.3 is 5.73 Å². The molecule has 0 atom stereocenters. The van der Waals surface area contributed by atoms with E-state index in [2.05, 4.69) is 4.98 Å². The number of para-hydroxylation sites is 1. The molecule has 0 aliphatic rings. The number of nitrogens with two attached hydrogens (primary N) is 1. The summed E-state index contributed by atoms with van der Waals surface area (Å²) in [5, 5.41) is 1.13. The van der Waals surface area contributed by atoms with Crippen molar-refractivity contribution in [3.8, 4) is 0 Å². The van der Waals surface area contributed by atoms with Gasteiger partial charge in [-0.1, -0.05) is 18.2 Å². The van der Waals surface area contributed by atoms with Gasteiger partial charge in [-0.15, -0.1) is 0 Å². The minimum absolute atomic E-state index is 0. The van der Waals surface area contributed by atoms with Crippen molar-refractivity contribution >= 4 is 16.7 Å². The van der Waals surface area contributed by atoms with E-state index in [0.29, 0.717) is 5.82 Å². The van der Waals surface area contributed by atoms with Crippen LogP contribution in [0.15, 0.2) is 36.4 Å². The predicted molar refractivity (Wildman–Crippen MR) is 46.2 cm³/mol. The van der Waals surface area contributed by atoms with Gasteiger partial charge in [0.05, 0.1) is 5.52 Å². The maximum atomic E-state index is 5.51. The average Bonchev–Trinajstić information content (AvgIpc) is 2.04. The zero-order valence-electron chi connectivity index (χ0n) is 6.30. The van der Waals surface area contributed by atoms with Gasteiger partial charge in [-0.05, 0) is 18.2 Å². The van der Waals surface area contributed by atoms with Crippen LogP contribution < -0.4 is 5.73 Å². The van der Waals surface area contributed by atoms with Crippen molar-refractivity contribution in [2.45, 2.75) is 0 Å². The maximum Gasteiger partial charge on any atom is 0.124 e. The Kier molecular flexibility index (Phi) is 2.67. The molecule has 2 aromatic rings. The third-order valence-electron chi connectivity index (χ3n) is 1.62. The number of pyridine rings is 1. The molecule has 64 valence electrons. The molecule has 1 aromatic carbocycles. The van der Waals surface area contributed by atoms with Crippen molar-refractivity contribution in [1.29, 1.82) is 0 Å². The summed E-state index contributed by atoms with van der Waals surface area (Å²) in [6.07, 6.45) is 0. The second kappa shape index (κ2) is 3.55. The Morgan fingerprint density at radius 1 is 1.00 bits per heavy atom. The van der Waals surface area contributed by atoms with Gasteiger partial charge in [0.2, 0.25) is 0 Å². The number of fused-ring (bicyclic) bond motifs is 1. The Bertz CT molecular complexity index is 387. The Morgan fingerprint density at radius 2 is 1.75 bits per heavy atom. The van der Waals surface area contributed by atoms with E-state index in [1.54, 1.807) is 0 Å². The summed E-state index contributed by atoms with van der Waals surface area (Å²) in [6.45, 7) is 0. The fourth-order valence-corrected chi connectivity index (χ4v) is 1.08. The van der Waals surface area contributed by atoms with E-state index in [-0.39, 0.29) is 16.5 Å². The third-order valence-corrected chi connectivity index (χ3v) is 1.62. The molecule has 12 heavy (non-hydrogen) atoms. The van der Waals surface area contributed by atoms with Crippen LogP contribution >= 0.6 is 0 Å². The SMILES string of the molecule is Nc1ccc2ccccc2n1.[Ni]. The Hall–Kier alpha value is -1.08. The quantitative estimate of drug-likeness (QED) is 0.663. The molecule has 2 N–H and O–H groups in total. The average molecular weight is 203 g/mol. The second-order valence-electron chi connectivity index (χ2n) is 2.43. The second-order valence-corrected chi connectivity index (χ2v) is 2.43. The smallest absolute Gasteiger partial charge is 0.124 e. The van der Waals surface area contributed by atoms with Crippen LogP contribution in [-0.2, 0) is 16.5 Å². The minimum atomic E-state index is 0. The molecule has 0 fully saturated rings. The molecular weight excluding hydrogens is 195 g/mol. The Morgan fingerprint density at radius 3 is 2.58 bits per heavy atom. The summed E-state index contributed by atoms with van der Waals surface area (Å²) in [6, 6.07) is 11.7. The van der Waals surface area contributed by atoms with Gasteiger partial charge in [-0.25, -0.2) is 4.98 Å². The molecule has 0 amide bonds. The summed E-state index contributed by atoms with van der Waals surface area (Å²) in [7, 11) is 0. The number of hydrogen-bond acceptors (Lipinski definition) is 2. The number of hydrogen-bond donors (Lipinski definition) is 1. The van der Waals surface area contributed by atoms with E-state index in [1.165, 1.54) is 0 Å². The minimum Gasteiger partial charge on any atom is -0.384 e. The number of nitrogens with zero attached hydrogens (tertiary/aromatic N) is 1. The maximum absolute atomic E-state index is 5.51. The van der Waals surface area contributed by atoms with E-state index in [4.69, 9.17) is 5.73 Å².